The van der Waals surface area contributed by atoms with Gasteiger partial charge in [-0.3, -0.25) is 14.8 Å². The van der Waals surface area contributed by atoms with Crippen LogP contribution in [0.4, 0.5) is 0 Å². The predicted octanol–water partition coefficient (Wildman–Crippen LogP) is 0.594. The Balaban J connectivity index is 2.01. The van der Waals surface area contributed by atoms with Crippen molar-refractivity contribution in [3.63, 3.8) is 0 Å². The fraction of sp³-hybridized carbons (Fsp3) is 0.182. The molecule has 2 rings (SSSR count). The number of hydrogen-bond acceptors (Lipinski definition) is 4. The van der Waals surface area contributed by atoms with Gasteiger partial charge in [0.1, 0.15) is 5.76 Å². The molecule has 0 atom stereocenters. The van der Waals surface area contributed by atoms with Crippen LogP contribution in [0.15, 0.2) is 40.7 Å². The first-order valence-electron chi connectivity index (χ1n) is 4.87. The molecular weight excluding hydrogens is 206 g/mol. The summed E-state index contributed by atoms with van der Waals surface area (Å²) in [6.45, 7) is 0.578. The summed E-state index contributed by atoms with van der Waals surface area (Å²) in [6, 6.07) is 5.54. The van der Waals surface area contributed by atoms with E-state index in [1.54, 1.807) is 6.20 Å². The van der Waals surface area contributed by atoms with Crippen LogP contribution in [-0.4, -0.2) is 28.8 Å². The Labute approximate surface area is 92.5 Å². The minimum atomic E-state index is -0.290. The summed E-state index contributed by atoms with van der Waals surface area (Å²) in [5.41, 5.74) is 1.05. The molecule has 1 aromatic rings. The van der Waals surface area contributed by atoms with Gasteiger partial charge in [0.2, 0.25) is 0 Å². The second-order valence-corrected chi connectivity index (χ2v) is 3.33. The lowest BCUT2D eigenvalue weighted by atomic mass is 10.3. The number of pyridine rings is 1. The summed E-state index contributed by atoms with van der Waals surface area (Å²) in [4.78, 5) is 19.3. The van der Waals surface area contributed by atoms with Gasteiger partial charge in [-0.15, -0.1) is 0 Å². The maximum absolute atomic E-state index is 11.2. The van der Waals surface area contributed by atoms with E-state index in [4.69, 9.17) is 0 Å². The molecule has 2 heterocycles. The first-order valence-corrected chi connectivity index (χ1v) is 4.87. The summed E-state index contributed by atoms with van der Waals surface area (Å²) >= 11 is 0. The number of hydrogen-bond donors (Lipinski definition) is 2. The first-order chi connectivity index (χ1) is 7.77. The van der Waals surface area contributed by atoms with Gasteiger partial charge < -0.3 is 10.4 Å². The number of carbonyl (C=O) groups excluding carboxylic acids is 1. The molecule has 0 bridgehead atoms. The van der Waals surface area contributed by atoms with Gasteiger partial charge in [0.25, 0.3) is 5.91 Å². The van der Waals surface area contributed by atoms with Gasteiger partial charge in [-0.2, -0.15) is 0 Å². The first kappa shape index (κ1) is 10.4. The lowest BCUT2D eigenvalue weighted by Crippen LogP contribution is -2.17. The molecule has 16 heavy (non-hydrogen) atoms. The fourth-order valence-corrected chi connectivity index (χ4v) is 1.34. The van der Waals surface area contributed by atoms with Crippen LogP contribution in [0.1, 0.15) is 5.69 Å². The second kappa shape index (κ2) is 4.57. The molecule has 82 valence electrons. The highest BCUT2D eigenvalue weighted by molar-refractivity contribution is 6.14. The van der Waals surface area contributed by atoms with Crippen molar-refractivity contribution < 1.29 is 9.90 Å². The van der Waals surface area contributed by atoms with Crippen LogP contribution in [0.25, 0.3) is 0 Å². The van der Waals surface area contributed by atoms with Crippen LogP contribution >= 0.6 is 0 Å². The van der Waals surface area contributed by atoms with Crippen LogP contribution in [0.5, 0.6) is 0 Å². The van der Waals surface area contributed by atoms with Gasteiger partial charge in [0.15, 0.2) is 0 Å². The van der Waals surface area contributed by atoms with E-state index < -0.39 is 0 Å². The molecule has 0 aromatic carbocycles. The Morgan fingerprint density at radius 1 is 1.56 bits per heavy atom. The molecule has 1 aliphatic heterocycles. The highest BCUT2D eigenvalue weighted by atomic mass is 16.3. The summed E-state index contributed by atoms with van der Waals surface area (Å²) in [6.07, 6.45) is 3.07. The van der Waals surface area contributed by atoms with Crippen molar-refractivity contribution in [3.8, 4) is 0 Å². The number of nitrogens with zero attached hydrogens (tertiary/aromatic N) is 2. The van der Waals surface area contributed by atoms with Crippen LogP contribution in [0.2, 0.25) is 0 Å². The van der Waals surface area contributed by atoms with Crippen molar-refractivity contribution in [2.45, 2.75) is 6.54 Å². The van der Waals surface area contributed by atoms with Crippen LogP contribution in [0, 0.1) is 0 Å². The number of aliphatic hydroxyl groups is 1. The molecule has 0 fully saturated rings. The van der Waals surface area contributed by atoms with E-state index in [9.17, 15) is 9.90 Å². The molecule has 0 saturated heterocycles. The van der Waals surface area contributed by atoms with Gasteiger partial charge in [0.05, 0.1) is 24.4 Å². The average Bonchev–Trinajstić information content (AvgIpc) is 2.62. The number of aliphatic imine (C=N–C) groups is 1. The van der Waals surface area contributed by atoms with Crippen LogP contribution in [0.3, 0.4) is 0 Å². The van der Waals surface area contributed by atoms with E-state index in [1.165, 1.54) is 6.21 Å². The summed E-state index contributed by atoms with van der Waals surface area (Å²) < 4.78 is 0. The monoisotopic (exact) mass is 217 g/mol. The third kappa shape index (κ3) is 2.25. The van der Waals surface area contributed by atoms with E-state index in [1.807, 2.05) is 18.2 Å². The minimum absolute atomic E-state index is 0.0368. The number of nitrogens with one attached hydrogen (secondary N) is 1. The molecule has 0 spiro atoms. The quantitative estimate of drug-likeness (QED) is 0.728. The summed E-state index contributed by atoms with van der Waals surface area (Å²) in [5, 5.41) is 11.8. The maximum Gasteiger partial charge on any atom is 0.256 e. The fourth-order valence-electron chi connectivity index (χ4n) is 1.34. The summed E-state index contributed by atoms with van der Waals surface area (Å²) in [7, 11) is 0. The molecule has 0 unspecified atom stereocenters. The number of amides is 1. The minimum Gasteiger partial charge on any atom is -0.510 e. The zero-order chi connectivity index (χ0) is 11.4. The van der Waals surface area contributed by atoms with Crippen molar-refractivity contribution in [1.82, 2.24) is 10.3 Å². The predicted molar refractivity (Wildman–Crippen MR) is 59.1 cm³/mol. The van der Waals surface area contributed by atoms with Gasteiger partial charge in [0, 0.05) is 12.4 Å². The number of rotatable bonds is 3. The van der Waals surface area contributed by atoms with E-state index in [0.717, 1.165) is 5.69 Å². The van der Waals surface area contributed by atoms with E-state index >= 15 is 0 Å². The van der Waals surface area contributed by atoms with Crippen molar-refractivity contribution >= 4 is 12.1 Å². The zero-order valence-corrected chi connectivity index (χ0v) is 8.55. The Hall–Kier alpha value is -2.17. The Bertz CT molecular complexity index is 452. The van der Waals surface area contributed by atoms with Crippen LogP contribution < -0.4 is 5.32 Å². The van der Waals surface area contributed by atoms with Crippen molar-refractivity contribution in [1.29, 1.82) is 0 Å². The Morgan fingerprint density at radius 3 is 3.06 bits per heavy atom. The highest BCUT2D eigenvalue weighted by Gasteiger charge is 2.19. The highest BCUT2D eigenvalue weighted by Crippen LogP contribution is 2.06. The zero-order valence-electron chi connectivity index (χ0n) is 8.55. The number of aliphatic hydroxyl groups excluding tert-OH is 1. The number of aromatic nitrogens is 1. The van der Waals surface area contributed by atoms with E-state index in [-0.39, 0.29) is 23.8 Å². The average molecular weight is 217 g/mol. The number of carbonyl (C=O) groups is 1. The van der Waals surface area contributed by atoms with Gasteiger partial charge in [-0.05, 0) is 12.1 Å². The third-order valence-electron chi connectivity index (χ3n) is 2.17. The van der Waals surface area contributed by atoms with Crippen molar-refractivity contribution in [2.75, 3.05) is 6.54 Å². The standard InChI is InChI=1S/C11H11N3O2/c15-10-7-14-11(16)9(10)6-12-5-8-3-1-2-4-13-8/h1-4,6,15H,5,7H2,(H,14,16). The van der Waals surface area contributed by atoms with Gasteiger partial charge >= 0.3 is 0 Å². The largest absolute Gasteiger partial charge is 0.510 e. The molecule has 1 amide bonds. The molecule has 1 aliphatic rings. The third-order valence-corrected chi connectivity index (χ3v) is 2.17. The summed E-state index contributed by atoms with van der Waals surface area (Å²) in [5.74, 6) is -0.253. The SMILES string of the molecule is O=C1NCC(O)=C1C=NCc1ccccn1. The molecule has 0 saturated carbocycles. The lowest BCUT2D eigenvalue weighted by molar-refractivity contribution is -0.116. The smallest absolute Gasteiger partial charge is 0.256 e. The Kier molecular flexibility index (Phi) is 2.95. The van der Waals surface area contributed by atoms with E-state index in [2.05, 4.69) is 15.3 Å². The molecule has 0 aliphatic carbocycles. The molecule has 1 aromatic heterocycles. The molecule has 2 N–H and O–H groups in total. The topological polar surface area (TPSA) is 74.6 Å². The molecule has 5 heteroatoms. The van der Waals surface area contributed by atoms with Gasteiger partial charge in [-0.25, -0.2) is 0 Å². The maximum atomic E-state index is 11.2. The van der Waals surface area contributed by atoms with Crippen LogP contribution in [-0.2, 0) is 11.3 Å². The van der Waals surface area contributed by atoms with Crippen molar-refractivity contribution in [2.24, 2.45) is 4.99 Å². The normalized spacial score (nSPS) is 15.9. The van der Waals surface area contributed by atoms with Crippen molar-refractivity contribution in [3.05, 3.63) is 41.4 Å². The molecular formula is C11H11N3O2. The molecule has 5 nitrogen and oxygen atoms in total. The molecule has 0 radical (unpaired) electrons. The lowest BCUT2D eigenvalue weighted by Gasteiger charge is -1.94. The second-order valence-electron chi connectivity index (χ2n) is 3.33. The van der Waals surface area contributed by atoms with E-state index in [0.29, 0.717) is 6.54 Å². The van der Waals surface area contributed by atoms with Gasteiger partial charge in [-0.1, -0.05) is 6.07 Å². The Morgan fingerprint density at radius 2 is 2.44 bits per heavy atom.